The van der Waals surface area contributed by atoms with Gasteiger partial charge in [-0.3, -0.25) is 4.79 Å². The maximum absolute atomic E-state index is 12.9. The maximum Gasteiger partial charge on any atom is 0.331 e. The van der Waals surface area contributed by atoms with Crippen LogP contribution in [-0.2, 0) is 28.6 Å². The number of fused-ring (bicyclic) bond motifs is 5. The molecule has 0 aromatic heterocycles. The van der Waals surface area contributed by atoms with Crippen LogP contribution in [0.25, 0.3) is 0 Å². The predicted octanol–water partition coefficient (Wildman–Crippen LogP) is 3.30. The number of cyclic esters (lactones) is 1. The number of aldehydes is 1. The van der Waals surface area contributed by atoms with Crippen LogP contribution >= 0.6 is 0 Å². The molecule has 252 valence electrons. The van der Waals surface area contributed by atoms with E-state index in [0.29, 0.717) is 50.9 Å². The van der Waals surface area contributed by atoms with Crippen LogP contribution in [0.1, 0.15) is 110 Å². The average Bonchev–Trinajstić information content (AvgIpc) is 3.55. The highest BCUT2D eigenvalue weighted by molar-refractivity contribution is 5.85. The number of rotatable bonds is 4. The highest BCUT2D eigenvalue weighted by Crippen LogP contribution is 2.70. The second-order valence-electron chi connectivity index (χ2n) is 15.4. The molecule has 4 N–H and O–H groups in total. The number of ketones is 1. The summed E-state index contributed by atoms with van der Waals surface area (Å²) in [4.78, 5) is 35.2. The highest BCUT2D eigenvalue weighted by Gasteiger charge is 2.71. The van der Waals surface area contributed by atoms with Gasteiger partial charge >= 0.3 is 5.97 Å². The van der Waals surface area contributed by atoms with Crippen LogP contribution in [0.4, 0.5) is 0 Å². The van der Waals surface area contributed by atoms with Crippen LogP contribution in [0, 0.1) is 28.6 Å². The Hall–Kier alpha value is -1.69. The minimum atomic E-state index is -1.24. The van der Waals surface area contributed by atoms with Crippen LogP contribution in [0.3, 0.4) is 0 Å². The first-order valence-corrected chi connectivity index (χ1v) is 17.3. The summed E-state index contributed by atoms with van der Waals surface area (Å²) in [6, 6.07) is 0. The number of aliphatic hydroxyl groups excluding tert-OH is 2. The molecule has 45 heavy (non-hydrogen) atoms. The van der Waals surface area contributed by atoms with Gasteiger partial charge in [-0.2, -0.15) is 0 Å². The molecule has 0 bridgehead atoms. The number of carbonyl (C=O) groups excluding carboxylic acids is 3. The third-order valence-corrected chi connectivity index (χ3v) is 13.3. The molecule has 10 nitrogen and oxygen atoms in total. The predicted molar refractivity (Wildman–Crippen MR) is 161 cm³/mol. The Bertz CT molecular complexity index is 1170. The summed E-state index contributed by atoms with van der Waals surface area (Å²) in [5, 5.41) is 44.6. The molecule has 7 rings (SSSR count). The molecule has 5 aliphatic carbocycles. The first-order chi connectivity index (χ1) is 21.4. The molecular formula is C35H52O10. The molecule has 6 fully saturated rings. The van der Waals surface area contributed by atoms with Gasteiger partial charge in [0.25, 0.3) is 0 Å². The molecule has 0 aromatic carbocycles. The Kier molecular flexibility index (Phi) is 9.15. The molecule has 0 aromatic rings. The van der Waals surface area contributed by atoms with Gasteiger partial charge in [-0.15, -0.1) is 0 Å². The smallest absolute Gasteiger partial charge is 0.331 e. The van der Waals surface area contributed by atoms with Gasteiger partial charge in [-0.25, -0.2) is 4.79 Å². The summed E-state index contributed by atoms with van der Waals surface area (Å²) >= 11 is 0. The van der Waals surface area contributed by atoms with Crippen molar-refractivity contribution in [2.24, 2.45) is 28.6 Å². The monoisotopic (exact) mass is 632 g/mol. The van der Waals surface area contributed by atoms with Gasteiger partial charge in [-0.05, 0) is 94.5 Å². The molecule has 0 amide bonds. The zero-order valence-corrected chi connectivity index (χ0v) is 26.8. The van der Waals surface area contributed by atoms with Crippen LogP contribution in [0.15, 0.2) is 11.6 Å². The van der Waals surface area contributed by atoms with E-state index in [9.17, 15) is 34.8 Å². The Morgan fingerprint density at radius 3 is 2.31 bits per heavy atom. The standard InChI is InChI=1S/C29H42O9.C6H10O/c1-16-25(33)22(31)12-24(37-16)38-18-3-8-27(15-30)20-4-7-26(2)19(17-11-23(32)36-14-17)6-10-29(26,35)21(20)5-9-28(27,34)13-18;7-6-4-2-1-3-5-6/h11,15-16,18-22,24-25,31,33-35H,3-10,12-14H2,1-2H3;1-5H2/t16-,18+,19-,20+,21-,22+,24+,25-,26-,27+,28+,29+;/m1./s1. The largest absolute Gasteiger partial charge is 0.458 e. The van der Waals surface area contributed by atoms with Gasteiger partial charge < -0.3 is 39.4 Å². The number of Topliss-reactive ketones (excluding diaryl/α,β-unsaturated/α-hetero) is 1. The molecule has 5 saturated carbocycles. The Morgan fingerprint density at radius 2 is 1.69 bits per heavy atom. The van der Waals surface area contributed by atoms with E-state index in [1.165, 1.54) is 6.42 Å². The van der Waals surface area contributed by atoms with Gasteiger partial charge in [-0.1, -0.05) is 13.3 Å². The lowest BCUT2D eigenvalue weighted by Gasteiger charge is -2.65. The van der Waals surface area contributed by atoms with Crippen molar-refractivity contribution >= 4 is 18.0 Å². The van der Waals surface area contributed by atoms with Crippen molar-refractivity contribution < 1.29 is 49.0 Å². The van der Waals surface area contributed by atoms with E-state index in [1.807, 2.05) is 0 Å². The Morgan fingerprint density at radius 1 is 0.956 bits per heavy atom. The van der Waals surface area contributed by atoms with E-state index < -0.39 is 46.6 Å². The van der Waals surface area contributed by atoms with Crippen molar-refractivity contribution in [3.8, 4) is 0 Å². The minimum Gasteiger partial charge on any atom is -0.458 e. The summed E-state index contributed by atoms with van der Waals surface area (Å²) in [7, 11) is 0. The number of hydrogen-bond acceptors (Lipinski definition) is 10. The average molecular weight is 633 g/mol. The molecule has 2 aliphatic heterocycles. The van der Waals surface area contributed by atoms with Crippen molar-refractivity contribution in [3.05, 3.63) is 11.6 Å². The molecule has 0 radical (unpaired) electrons. The summed E-state index contributed by atoms with van der Waals surface area (Å²) in [6.45, 7) is 4.13. The van der Waals surface area contributed by atoms with Gasteiger partial charge in [0.05, 0.1) is 34.9 Å². The highest BCUT2D eigenvalue weighted by atomic mass is 16.7. The van der Waals surface area contributed by atoms with Crippen molar-refractivity contribution in [2.45, 2.75) is 152 Å². The van der Waals surface area contributed by atoms with Crippen molar-refractivity contribution in [1.29, 1.82) is 0 Å². The fourth-order valence-electron chi connectivity index (χ4n) is 10.7. The lowest BCUT2D eigenvalue weighted by Crippen LogP contribution is -2.69. The normalized spacial score (nSPS) is 49.4. The third-order valence-electron chi connectivity index (χ3n) is 13.3. The summed E-state index contributed by atoms with van der Waals surface area (Å²) in [5.41, 5.74) is -2.60. The van der Waals surface area contributed by atoms with E-state index in [-0.39, 0.29) is 36.2 Å². The van der Waals surface area contributed by atoms with E-state index in [0.717, 1.165) is 56.8 Å². The van der Waals surface area contributed by atoms with Crippen LogP contribution in [-0.4, -0.2) is 87.0 Å². The lowest BCUT2D eigenvalue weighted by molar-refractivity contribution is -0.286. The molecule has 7 aliphatic rings. The van der Waals surface area contributed by atoms with Gasteiger partial charge in [0, 0.05) is 37.2 Å². The first kappa shape index (κ1) is 33.2. The number of esters is 1. The first-order valence-electron chi connectivity index (χ1n) is 17.3. The minimum absolute atomic E-state index is 0.0729. The molecule has 10 heteroatoms. The van der Waals surface area contributed by atoms with Crippen LogP contribution in [0.2, 0.25) is 0 Å². The number of aliphatic hydroxyl groups is 4. The van der Waals surface area contributed by atoms with Crippen LogP contribution in [0.5, 0.6) is 0 Å². The van der Waals surface area contributed by atoms with Gasteiger partial charge in [0.15, 0.2) is 6.29 Å². The van der Waals surface area contributed by atoms with Crippen molar-refractivity contribution in [1.82, 2.24) is 0 Å². The number of ether oxygens (including phenoxy) is 3. The van der Waals surface area contributed by atoms with Crippen LogP contribution < -0.4 is 0 Å². The topological polar surface area (TPSA) is 160 Å². The summed E-state index contributed by atoms with van der Waals surface area (Å²) < 4.78 is 17.1. The van der Waals surface area contributed by atoms with Crippen molar-refractivity contribution in [2.75, 3.05) is 6.61 Å². The second kappa shape index (κ2) is 12.4. The summed E-state index contributed by atoms with van der Waals surface area (Å²) in [6.07, 6.45) is 9.74. The molecule has 2 heterocycles. The molecule has 1 saturated heterocycles. The maximum atomic E-state index is 12.9. The quantitative estimate of drug-likeness (QED) is 0.206. The fraction of sp³-hybridized carbons (Fsp3) is 0.857. The van der Waals surface area contributed by atoms with E-state index in [4.69, 9.17) is 14.2 Å². The van der Waals surface area contributed by atoms with Gasteiger partial charge in [0.2, 0.25) is 0 Å². The lowest BCUT2D eigenvalue weighted by atomic mass is 9.41. The molecule has 12 atom stereocenters. The van der Waals surface area contributed by atoms with E-state index in [1.54, 1.807) is 13.0 Å². The molecular weight excluding hydrogens is 580 g/mol. The van der Waals surface area contributed by atoms with E-state index in [2.05, 4.69) is 6.92 Å². The molecule has 0 unspecified atom stereocenters. The zero-order valence-electron chi connectivity index (χ0n) is 26.8. The Labute approximate surface area is 265 Å². The van der Waals surface area contributed by atoms with Gasteiger partial charge in [0.1, 0.15) is 24.8 Å². The number of carbonyl (C=O) groups is 3. The SMILES string of the molecule is C[C@H]1O[C@@H](O[C@H]2CC[C@]3(C=O)[C@H]4CC[C@]5(C)[C@@H](C6=CC(=O)OC6)CC[C@]5(O)[C@@H]4CC[C@]3(O)C2)C[C@H](O)[C@@H]1O.O=C1CCCCC1. The van der Waals surface area contributed by atoms with Crippen molar-refractivity contribution in [3.63, 3.8) is 0 Å². The second-order valence-corrected chi connectivity index (χ2v) is 15.4. The Balaban J connectivity index is 0.000000452. The number of hydrogen-bond donors (Lipinski definition) is 4. The third kappa shape index (κ3) is 5.55. The zero-order chi connectivity index (χ0) is 32.2. The molecule has 0 spiro atoms. The van der Waals surface area contributed by atoms with E-state index >= 15 is 0 Å². The summed E-state index contributed by atoms with van der Waals surface area (Å²) in [5.74, 6) is -0.00925. The fourth-order valence-corrected chi connectivity index (χ4v) is 10.7.